The van der Waals surface area contributed by atoms with Crippen LogP contribution in [0.15, 0.2) is 0 Å². The molecule has 0 saturated carbocycles. The van der Waals surface area contributed by atoms with Gasteiger partial charge in [0, 0.05) is 0 Å². The largest absolute Gasteiger partial charge is 2.00 e. The molecule has 0 rings (SSSR count). The minimum atomic E-state index is -0.782. The van der Waals surface area contributed by atoms with E-state index in [9.17, 15) is 4.79 Å². The van der Waals surface area contributed by atoms with Crippen LogP contribution >= 0.6 is 9.24 Å². The van der Waals surface area contributed by atoms with E-state index in [-0.39, 0.29) is 22.7 Å². The van der Waals surface area contributed by atoms with Gasteiger partial charge in [-0.15, -0.1) is 9.24 Å². The molecule has 0 radical (unpaired) electrons. The van der Waals surface area contributed by atoms with Crippen molar-refractivity contribution in [1.82, 2.24) is 0 Å². The van der Waals surface area contributed by atoms with Gasteiger partial charge in [-0.05, 0) is 0 Å². The van der Waals surface area contributed by atoms with E-state index in [0.29, 0.717) is 0 Å². The van der Waals surface area contributed by atoms with Crippen LogP contribution < -0.4 is 0 Å². The third kappa shape index (κ3) is 8.83. The van der Waals surface area contributed by atoms with Crippen LogP contribution in [-0.2, 0) is 21.3 Å². The number of carboxylic acid groups (broad SMARTS) is 1. The quantitative estimate of drug-likeness (QED) is 0.420. The van der Waals surface area contributed by atoms with E-state index in [4.69, 9.17) is 5.11 Å². The fourth-order valence-corrected chi connectivity index (χ4v) is 0. The van der Waals surface area contributed by atoms with Crippen LogP contribution in [-0.4, -0.2) is 17.2 Å². The van der Waals surface area contributed by atoms with Gasteiger partial charge in [-0.3, -0.25) is 4.79 Å². The van der Waals surface area contributed by atoms with Crippen molar-refractivity contribution >= 4 is 15.2 Å². The average molecular weight is 151 g/mol. The summed E-state index contributed by atoms with van der Waals surface area (Å²) in [5, 5.41) is 7.70. The van der Waals surface area contributed by atoms with E-state index in [1.807, 2.05) is 0 Å². The van der Waals surface area contributed by atoms with Crippen LogP contribution in [0.2, 0.25) is 0 Å². The molecular formula is C2H5NiO2P+2. The third-order valence-electron chi connectivity index (χ3n) is 0.175. The summed E-state index contributed by atoms with van der Waals surface area (Å²) in [6.45, 7) is 0. The van der Waals surface area contributed by atoms with Gasteiger partial charge in [0.1, 0.15) is 0 Å². The normalized spacial score (nSPS) is 6.17. The Kier molecular flexibility index (Phi) is 8.66. The van der Waals surface area contributed by atoms with Crippen molar-refractivity contribution in [1.29, 1.82) is 0 Å². The summed E-state index contributed by atoms with van der Waals surface area (Å²) in [6, 6.07) is 0. The van der Waals surface area contributed by atoms with Crippen LogP contribution in [0.5, 0.6) is 0 Å². The molecule has 0 aromatic heterocycles. The molecule has 0 aliphatic heterocycles. The summed E-state index contributed by atoms with van der Waals surface area (Å²) >= 11 is 0. The second kappa shape index (κ2) is 5.39. The topological polar surface area (TPSA) is 37.3 Å². The smallest absolute Gasteiger partial charge is 0.481 e. The minimum Gasteiger partial charge on any atom is -0.481 e. The Balaban J connectivity index is 0. The zero-order chi connectivity index (χ0) is 4.28. The molecule has 1 N–H and O–H groups in total. The Labute approximate surface area is 48.4 Å². The van der Waals surface area contributed by atoms with Crippen LogP contribution in [0.3, 0.4) is 0 Å². The predicted octanol–water partition coefficient (Wildman–Crippen LogP) is -0.0564. The molecular weight excluding hydrogens is 146 g/mol. The van der Waals surface area contributed by atoms with Gasteiger partial charge in [0.2, 0.25) is 0 Å². The van der Waals surface area contributed by atoms with Crippen molar-refractivity contribution in [3.05, 3.63) is 0 Å². The summed E-state index contributed by atoms with van der Waals surface area (Å²) in [4.78, 5) is 9.35. The molecule has 0 fully saturated rings. The maximum Gasteiger partial charge on any atom is 2.00 e. The van der Waals surface area contributed by atoms with Crippen LogP contribution in [0.25, 0.3) is 0 Å². The second-order valence-corrected chi connectivity index (χ2v) is 1.01. The Bertz CT molecular complexity index is 46.8. The van der Waals surface area contributed by atoms with Crippen LogP contribution in [0.4, 0.5) is 0 Å². The fourth-order valence-electron chi connectivity index (χ4n) is 0. The van der Waals surface area contributed by atoms with Gasteiger partial charge >= 0.3 is 22.5 Å². The number of rotatable bonds is 1. The van der Waals surface area contributed by atoms with Crippen LogP contribution in [0.1, 0.15) is 0 Å². The first-order valence-electron chi connectivity index (χ1n) is 1.19. The van der Waals surface area contributed by atoms with E-state index in [0.717, 1.165) is 0 Å². The second-order valence-electron chi connectivity index (χ2n) is 0.598. The number of aliphatic carboxylic acids is 1. The third-order valence-corrected chi connectivity index (χ3v) is 0.524. The van der Waals surface area contributed by atoms with Crippen molar-refractivity contribution in [2.24, 2.45) is 0 Å². The van der Waals surface area contributed by atoms with Gasteiger partial charge < -0.3 is 5.11 Å². The molecule has 0 bridgehead atoms. The standard InChI is InChI=1S/C2H5O2P.Ni/c3-2(4)1-5;/h1,5H2,(H,3,4);/q;+2. The fraction of sp³-hybridized carbons (Fsp3) is 0.500. The van der Waals surface area contributed by atoms with E-state index in [1.165, 1.54) is 0 Å². The monoisotopic (exact) mass is 150 g/mol. The van der Waals surface area contributed by atoms with Gasteiger partial charge in [-0.25, -0.2) is 0 Å². The van der Waals surface area contributed by atoms with E-state index in [1.54, 1.807) is 0 Å². The Morgan fingerprint density at radius 1 is 1.83 bits per heavy atom. The molecule has 0 aliphatic rings. The van der Waals surface area contributed by atoms with Crippen molar-refractivity contribution < 1.29 is 26.4 Å². The molecule has 0 heterocycles. The Hall–Kier alpha value is 0.394. The molecule has 2 nitrogen and oxygen atoms in total. The molecule has 6 heavy (non-hydrogen) atoms. The molecule has 1 unspecified atom stereocenters. The zero-order valence-corrected chi connectivity index (χ0v) is 5.10. The molecule has 0 aromatic carbocycles. The first-order valence-corrected chi connectivity index (χ1v) is 2.01. The van der Waals surface area contributed by atoms with Gasteiger partial charge in [-0.2, -0.15) is 0 Å². The van der Waals surface area contributed by atoms with Crippen LogP contribution in [0, 0.1) is 0 Å². The molecule has 4 heteroatoms. The first-order chi connectivity index (χ1) is 2.27. The van der Waals surface area contributed by atoms with E-state index >= 15 is 0 Å². The van der Waals surface area contributed by atoms with Crippen molar-refractivity contribution in [3.63, 3.8) is 0 Å². The van der Waals surface area contributed by atoms with E-state index < -0.39 is 5.97 Å². The molecule has 0 aromatic rings. The SMILES string of the molecule is O=C(O)CP.[Ni+2]. The maximum absolute atomic E-state index is 9.35. The summed E-state index contributed by atoms with van der Waals surface area (Å²) in [5.41, 5.74) is 0. The number of carboxylic acids is 1. The van der Waals surface area contributed by atoms with Gasteiger partial charge in [-0.1, -0.05) is 0 Å². The van der Waals surface area contributed by atoms with Crippen molar-refractivity contribution in [2.75, 3.05) is 6.16 Å². The number of carbonyl (C=O) groups is 1. The van der Waals surface area contributed by atoms with Crippen molar-refractivity contribution in [2.45, 2.75) is 0 Å². The van der Waals surface area contributed by atoms with Gasteiger partial charge in [0.05, 0.1) is 6.16 Å². The molecule has 1 atom stereocenters. The molecule has 0 saturated heterocycles. The maximum atomic E-state index is 9.35. The molecule has 0 aliphatic carbocycles. The summed E-state index contributed by atoms with van der Waals surface area (Å²) in [5.74, 6) is -0.782. The summed E-state index contributed by atoms with van der Waals surface area (Å²) in [6.07, 6.45) is 0.139. The molecule has 0 amide bonds. The number of hydrogen-bond donors (Lipinski definition) is 1. The summed E-state index contributed by atoms with van der Waals surface area (Å²) in [7, 11) is 2.09. The first kappa shape index (κ1) is 9.64. The summed E-state index contributed by atoms with van der Waals surface area (Å²) < 4.78 is 0. The van der Waals surface area contributed by atoms with E-state index in [2.05, 4.69) is 9.24 Å². The zero-order valence-electron chi connectivity index (χ0n) is 2.96. The predicted molar refractivity (Wildman–Crippen MR) is 22.2 cm³/mol. The average Bonchev–Trinajstić information content (AvgIpc) is 1.38. The Morgan fingerprint density at radius 2 is 2.00 bits per heavy atom. The molecule has 38 valence electrons. The number of hydrogen-bond acceptors (Lipinski definition) is 1. The Morgan fingerprint density at radius 3 is 2.00 bits per heavy atom. The van der Waals surface area contributed by atoms with Crippen molar-refractivity contribution in [3.8, 4) is 0 Å². The van der Waals surface area contributed by atoms with Gasteiger partial charge in [0.15, 0.2) is 0 Å². The molecule has 0 spiro atoms. The van der Waals surface area contributed by atoms with Gasteiger partial charge in [0.25, 0.3) is 0 Å². The minimum absolute atomic E-state index is 0.